The first kappa shape index (κ1) is 29.7. The molecule has 1 unspecified atom stereocenters. The van der Waals surface area contributed by atoms with Crippen LogP contribution in [-0.2, 0) is 10.0 Å². The second-order valence-corrected chi connectivity index (χ2v) is 14.2. The summed E-state index contributed by atoms with van der Waals surface area (Å²) in [7, 11) is -3.16. The molecule has 1 aromatic heterocycles. The van der Waals surface area contributed by atoms with Crippen LogP contribution in [0.15, 0.2) is 30.1 Å². The Morgan fingerprint density at radius 2 is 1.77 bits per heavy atom. The van der Waals surface area contributed by atoms with Crippen molar-refractivity contribution in [1.29, 1.82) is 0 Å². The molecule has 1 atom stereocenters. The van der Waals surface area contributed by atoms with Gasteiger partial charge in [0.05, 0.1) is 5.75 Å². The van der Waals surface area contributed by atoms with E-state index in [1.54, 1.807) is 6.92 Å². The van der Waals surface area contributed by atoms with E-state index in [1.807, 2.05) is 11.8 Å². The molecule has 1 aromatic rings. The van der Waals surface area contributed by atoms with E-state index in [0.29, 0.717) is 30.7 Å². The molecule has 3 aliphatic rings. The lowest BCUT2D eigenvalue weighted by Crippen LogP contribution is -2.52. The molecule has 0 aromatic carbocycles. The number of nitrogens with one attached hydrogen (secondary N) is 2. The first-order valence-electron chi connectivity index (χ1n) is 14.4. The van der Waals surface area contributed by atoms with Crippen molar-refractivity contribution in [3.63, 3.8) is 0 Å². The summed E-state index contributed by atoms with van der Waals surface area (Å²) in [4.78, 5) is 26.6. The van der Waals surface area contributed by atoms with Crippen molar-refractivity contribution in [2.24, 2.45) is 11.3 Å². The predicted octanol–water partition coefficient (Wildman–Crippen LogP) is 3.75. The molecule has 216 valence electrons. The molecule has 2 saturated heterocycles. The normalized spacial score (nSPS) is 22.1. The third-order valence-corrected chi connectivity index (χ3v) is 9.85. The zero-order valence-electron chi connectivity index (χ0n) is 24.2. The van der Waals surface area contributed by atoms with Gasteiger partial charge >= 0.3 is 0 Å². The number of likely N-dealkylation sites (tertiary alicyclic amines) is 2. The van der Waals surface area contributed by atoms with E-state index in [2.05, 4.69) is 63.9 Å². The number of amides is 1. The number of hydrogen-bond donors (Lipinski definition) is 2. The van der Waals surface area contributed by atoms with E-state index in [4.69, 9.17) is 0 Å². The van der Waals surface area contributed by atoms with Gasteiger partial charge in [-0.1, -0.05) is 39.0 Å². The summed E-state index contributed by atoms with van der Waals surface area (Å²) in [6.45, 7) is 14.2. The molecule has 0 spiro atoms. The molecule has 10 heteroatoms. The molecular formula is C29H46N6O3S. The number of sulfonamides is 1. The molecule has 1 amide bonds. The predicted molar refractivity (Wildman–Crippen MR) is 156 cm³/mol. The SMILES string of the molecule is CCS(=O)(=O)NC1CCN(C2CCN(C(=O)c3ncnc(NCC4C=CC(C(C)(C)C)=CC4)c3C)CC2)CC1. The monoisotopic (exact) mass is 558 g/mol. The summed E-state index contributed by atoms with van der Waals surface area (Å²) in [5, 5.41) is 3.45. The van der Waals surface area contributed by atoms with E-state index in [0.717, 1.165) is 63.1 Å². The number of carbonyl (C=O) groups is 1. The number of aromatic nitrogens is 2. The van der Waals surface area contributed by atoms with Crippen molar-refractivity contribution in [2.75, 3.05) is 43.8 Å². The standard InChI is InChI=1S/C29H46N6O3S/c1-6-39(37,38)33-24-11-15-34(16-12-24)25-13-17-35(18-14-25)28(36)26-21(2)27(32-20-31-26)30-19-22-7-9-23(10-8-22)29(3,4)5/h7,9-10,20,22,24-25,33H,6,8,11-19H2,1-5H3,(H,30,31,32). The highest BCUT2D eigenvalue weighted by Gasteiger charge is 2.32. The number of hydrogen-bond acceptors (Lipinski definition) is 7. The fraction of sp³-hybridized carbons (Fsp3) is 0.690. The van der Waals surface area contributed by atoms with Crippen molar-refractivity contribution in [1.82, 2.24) is 24.5 Å². The van der Waals surface area contributed by atoms with E-state index >= 15 is 0 Å². The Morgan fingerprint density at radius 1 is 1.08 bits per heavy atom. The van der Waals surface area contributed by atoms with Gasteiger partial charge in [0.1, 0.15) is 17.8 Å². The van der Waals surface area contributed by atoms with Gasteiger partial charge in [-0.3, -0.25) is 4.79 Å². The fourth-order valence-electron chi connectivity index (χ4n) is 5.75. The average molecular weight is 559 g/mol. The van der Waals surface area contributed by atoms with Crippen molar-refractivity contribution >= 4 is 21.7 Å². The maximum atomic E-state index is 13.4. The maximum Gasteiger partial charge on any atom is 0.272 e. The smallest absolute Gasteiger partial charge is 0.272 e. The van der Waals surface area contributed by atoms with E-state index in [9.17, 15) is 13.2 Å². The second-order valence-electron chi connectivity index (χ2n) is 12.2. The van der Waals surface area contributed by atoms with Crippen LogP contribution in [0.1, 0.15) is 75.9 Å². The first-order chi connectivity index (χ1) is 18.5. The molecule has 3 heterocycles. The van der Waals surface area contributed by atoms with Gasteiger partial charge in [-0.25, -0.2) is 23.1 Å². The quantitative estimate of drug-likeness (QED) is 0.500. The van der Waals surface area contributed by atoms with Gasteiger partial charge in [0.15, 0.2) is 0 Å². The van der Waals surface area contributed by atoms with Crippen LogP contribution in [-0.4, -0.2) is 84.7 Å². The number of piperidine rings is 2. The molecule has 4 rings (SSSR count). The average Bonchev–Trinajstić information content (AvgIpc) is 2.92. The van der Waals surface area contributed by atoms with Crippen LogP contribution in [0.2, 0.25) is 0 Å². The van der Waals surface area contributed by atoms with Crippen molar-refractivity contribution < 1.29 is 13.2 Å². The van der Waals surface area contributed by atoms with Gasteiger partial charge in [-0.2, -0.15) is 0 Å². The molecule has 2 aliphatic heterocycles. The van der Waals surface area contributed by atoms with E-state index < -0.39 is 10.0 Å². The lowest BCUT2D eigenvalue weighted by atomic mass is 9.81. The zero-order chi connectivity index (χ0) is 28.2. The lowest BCUT2D eigenvalue weighted by molar-refractivity contribution is 0.0570. The van der Waals surface area contributed by atoms with Crippen molar-refractivity contribution in [3.05, 3.63) is 41.4 Å². The first-order valence-corrected chi connectivity index (χ1v) is 16.1. The summed E-state index contributed by atoms with van der Waals surface area (Å²) in [6, 6.07) is 0.459. The highest BCUT2D eigenvalue weighted by Crippen LogP contribution is 2.31. The number of rotatable bonds is 8. The largest absolute Gasteiger partial charge is 0.369 e. The molecule has 1 aliphatic carbocycles. The molecule has 0 bridgehead atoms. The number of anilines is 1. The molecule has 9 nitrogen and oxygen atoms in total. The third-order valence-electron chi connectivity index (χ3n) is 8.40. The van der Waals surface area contributed by atoms with Gasteiger partial charge in [0.25, 0.3) is 5.91 Å². The van der Waals surface area contributed by atoms with Crippen LogP contribution >= 0.6 is 0 Å². The fourth-order valence-corrected chi connectivity index (χ4v) is 6.66. The van der Waals surface area contributed by atoms with Crippen LogP contribution in [0.3, 0.4) is 0 Å². The highest BCUT2D eigenvalue weighted by atomic mass is 32.2. The highest BCUT2D eigenvalue weighted by molar-refractivity contribution is 7.89. The Balaban J connectivity index is 1.26. The Labute approximate surface area is 234 Å². The minimum absolute atomic E-state index is 0.0283. The Bertz CT molecular complexity index is 1170. The van der Waals surface area contributed by atoms with Gasteiger partial charge in [0, 0.05) is 37.3 Å². The number of nitrogens with zero attached hydrogens (tertiary/aromatic N) is 4. The van der Waals surface area contributed by atoms with Crippen LogP contribution in [0.25, 0.3) is 0 Å². The molecule has 2 fully saturated rings. The van der Waals surface area contributed by atoms with Gasteiger partial charge in [-0.05, 0) is 75.9 Å². The van der Waals surface area contributed by atoms with Crippen LogP contribution in [0.4, 0.5) is 5.82 Å². The van der Waals surface area contributed by atoms with Crippen molar-refractivity contribution in [2.45, 2.75) is 78.8 Å². The summed E-state index contributed by atoms with van der Waals surface area (Å²) < 4.78 is 26.6. The Hall–Kier alpha value is -2.30. The zero-order valence-corrected chi connectivity index (χ0v) is 25.1. The van der Waals surface area contributed by atoms with E-state index in [1.165, 1.54) is 11.9 Å². The van der Waals surface area contributed by atoms with Crippen LogP contribution in [0, 0.1) is 18.3 Å². The van der Waals surface area contributed by atoms with Crippen LogP contribution < -0.4 is 10.0 Å². The lowest BCUT2D eigenvalue weighted by Gasteiger charge is -2.41. The minimum Gasteiger partial charge on any atom is -0.369 e. The van der Waals surface area contributed by atoms with Crippen molar-refractivity contribution in [3.8, 4) is 0 Å². The molecule has 2 N–H and O–H groups in total. The van der Waals surface area contributed by atoms with Crippen LogP contribution in [0.5, 0.6) is 0 Å². The third kappa shape index (κ3) is 7.67. The van der Waals surface area contributed by atoms with Gasteiger partial charge in [0.2, 0.25) is 10.0 Å². The van der Waals surface area contributed by atoms with Gasteiger partial charge < -0.3 is 15.1 Å². The summed E-state index contributed by atoms with van der Waals surface area (Å²) in [6.07, 6.45) is 12.8. The summed E-state index contributed by atoms with van der Waals surface area (Å²) >= 11 is 0. The number of allylic oxidation sites excluding steroid dienone is 3. The molecule has 39 heavy (non-hydrogen) atoms. The topological polar surface area (TPSA) is 108 Å². The maximum absolute atomic E-state index is 13.4. The molecule has 0 radical (unpaired) electrons. The second kappa shape index (κ2) is 12.5. The molecular weight excluding hydrogens is 512 g/mol. The van der Waals surface area contributed by atoms with E-state index in [-0.39, 0.29) is 23.1 Å². The minimum atomic E-state index is -3.16. The number of carbonyl (C=O) groups excluding carboxylic acids is 1. The molecule has 0 saturated carbocycles. The van der Waals surface area contributed by atoms with Gasteiger partial charge in [-0.15, -0.1) is 0 Å². The summed E-state index contributed by atoms with van der Waals surface area (Å²) in [5.74, 6) is 1.21. The summed E-state index contributed by atoms with van der Waals surface area (Å²) in [5.41, 5.74) is 2.81. The Kier molecular flexibility index (Phi) is 9.49. The Morgan fingerprint density at radius 3 is 2.36 bits per heavy atom.